The van der Waals surface area contributed by atoms with Gasteiger partial charge in [-0.15, -0.1) is 0 Å². The summed E-state index contributed by atoms with van der Waals surface area (Å²) in [6, 6.07) is 0. The van der Waals surface area contributed by atoms with Crippen LogP contribution in [-0.4, -0.2) is 17.5 Å². The maximum Gasteiger partial charge on any atom is 0.180 e. The van der Waals surface area contributed by atoms with Crippen LogP contribution in [0.25, 0.3) is 0 Å². The van der Waals surface area contributed by atoms with Gasteiger partial charge in [-0.05, 0) is 13.0 Å². The summed E-state index contributed by atoms with van der Waals surface area (Å²) in [5, 5.41) is 8.21. The quantitative estimate of drug-likeness (QED) is 0.446. The first-order valence-corrected chi connectivity index (χ1v) is 2.74. The monoisotopic (exact) mass is 126 g/mol. The van der Waals surface area contributed by atoms with Crippen LogP contribution in [0.1, 0.15) is 6.92 Å². The second kappa shape index (κ2) is 5.25. The van der Waals surface area contributed by atoms with Crippen LogP contribution >= 0.6 is 0 Å². The first-order valence-electron chi connectivity index (χ1n) is 2.74. The molecule has 0 radical (unpaired) electrons. The molecule has 0 aromatic rings. The Morgan fingerprint density at radius 3 is 2.67 bits per heavy atom. The van der Waals surface area contributed by atoms with E-state index in [-0.39, 0.29) is 5.78 Å². The summed E-state index contributed by atoms with van der Waals surface area (Å²) in [7, 11) is 0. The zero-order valence-electron chi connectivity index (χ0n) is 5.37. The van der Waals surface area contributed by atoms with E-state index in [1.807, 2.05) is 6.92 Å². The van der Waals surface area contributed by atoms with Crippen LogP contribution in [0.3, 0.4) is 0 Å². The van der Waals surface area contributed by atoms with Crippen LogP contribution in [-0.2, 0) is 4.79 Å². The molecule has 0 atom stereocenters. The number of allylic oxidation sites excluding steroid dienone is 3. The Bertz CT molecular complexity index is 134. The first-order chi connectivity index (χ1) is 4.31. The van der Waals surface area contributed by atoms with Gasteiger partial charge < -0.3 is 5.11 Å². The summed E-state index contributed by atoms with van der Waals surface area (Å²) in [5.41, 5.74) is 0. The molecule has 0 spiro atoms. The molecule has 0 bridgehead atoms. The van der Waals surface area contributed by atoms with Crippen molar-refractivity contribution in [3.05, 3.63) is 24.3 Å². The topological polar surface area (TPSA) is 37.3 Å². The fourth-order valence-electron chi connectivity index (χ4n) is 0.327. The summed E-state index contributed by atoms with van der Waals surface area (Å²) in [5.74, 6) is -0.270. The Kier molecular flexibility index (Phi) is 4.73. The van der Waals surface area contributed by atoms with E-state index in [1.54, 1.807) is 18.2 Å². The standard InChI is InChI=1S/C7H10O2/c1-2-3-4-5-7(9)6-8/h2-5,8H,6H2,1H3. The average molecular weight is 126 g/mol. The third kappa shape index (κ3) is 4.97. The SMILES string of the molecule is CC=CC=CC(=O)CO. The molecule has 0 amide bonds. The van der Waals surface area contributed by atoms with E-state index in [0.717, 1.165) is 0 Å². The fraction of sp³-hybridized carbons (Fsp3) is 0.286. The van der Waals surface area contributed by atoms with E-state index in [0.29, 0.717) is 0 Å². The Labute approximate surface area is 54.5 Å². The van der Waals surface area contributed by atoms with Gasteiger partial charge in [0, 0.05) is 0 Å². The minimum atomic E-state index is -0.409. The van der Waals surface area contributed by atoms with Crippen molar-refractivity contribution in [1.29, 1.82) is 0 Å². The molecule has 0 aromatic carbocycles. The number of hydrogen-bond acceptors (Lipinski definition) is 2. The fourth-order valence-corrected chi connectivity index (χ4v) is 0.327. The molecule has 2 heteroatoms. The van der Waals surface area contributed by atoms with Gasteiger partial charge in [0.1, 0.15) is 6.61 Å². The van der Waals surface area contributed by atoms with Crippen LogP contribution < -0.4 is 0 Å². The molecule has 50 valence electrons. The number of aliphatic hydroxyl groups is 1. The lowest BCUT2D eigenvalue weighted by atomic mass is 10.3. The van der Waals surface area contributed by atoms with Crippen molar-refractivity contribution in [2.75, 3.05) is 6.61 Å². The van der Waals surface area contributed by atoms with Gasteiger partial charge in [0.15, 0.2) is 5.78 Å². The summed E-state index contributed by atoms with van der Waals surface area (Å²) in [4.78, 5) is 10.3. The highest BCUT2D eigenvalue weighted by atomic mass is 16.3. The van der Waals surface area contributed by atoms with Gasteiger partial charge in [0.25, 0.3) is 0 Å². The zero-order valence-corrected chi connectivity index (χ0v) is 5.37. The lowest BCUT2D eigenvalue weighted by Gasteiger charge is -1.79. The number of ketones is 1. The van der Waals surface area contributed by atoms with E-state index in [1.165, 1.54) is 6.08 Å². The van der Waals surface area contributed by atoms with Crippen molar-refractivity contribution in [1.82, 2.24) is 0 Å². The Morgan fingerprint density at radius 2 is 2.22 bits per heavy atom. The Morgan fingerprint density at radius 1 is 1.56 bits per heavy atom. The number of aliphatic hydroxyl groups excluding tert-OH is 1. The highest BCUT2D eigenvalue weighted by Gasteiger charge is 1.86. The van der Waals surface area contributed by atoms with Crippen LogP contribution in [0.4, 0.5) is 0 Å². The van der Waals surface area contributed by atoms with Crippen molar-refractivity contribution >= 4 is 5.78 Å². The van der Waals surface area contributed by atoms with E-state index >= 15 is 0 Å². The van der Waals surface area contributed by atoms with Gasteiger partial charge in [-0.25, -0.2) is 0 Å². The number of carbonyl (C=O) groups excluding carboxylic acids is 1. The van der Waals surface area contributed by atoms with E-state index in [4.69, 9.17) is 5.11 Å². The largest absolute Gasteiger partial charge is 0.388 e. The van der Waals surface area contributed by atoms with Crippen molar-refractivity contribution < 1.29 is 9.90 Å². The minimum absolute atomic E-state index is 0.270. The van der Waals surface area contributed by atoms with Crippen LogP contribution in [0.15, 0.2) is 24.3 Å². The van der Waals surface area contributed by atoms with Crippen molar-refractivity contribution in [2.45, 2.75) is 6.92 Å². The molecule has 2 nitrogen and oxygen atoms in total. The summed E-state index contributed by atoms with van der Waals surface area (Å²) >= 11 is 0. The van der Waals surface area contributed by atoms with Gasteiger partial charge in [-0.2, -0.15) is 0 Å². The van der Waals surface area contributed by atoms with Gasteiger partial charge in [0.05, 0.1) is 0 Å². The molecule has 0 saturated heterocycles. The van der Waals surface area contributed by atoms with Crippen LogP contribution in [0, 0.1) is 0 Å². The predicted octanol–water partition coefficient (Wildman–Crippen LogP) is 0.680. The predicted molar refractivity (Wildman–Crippen MR) is 36.0 cm³/mol. The molecular weight excluding hydrogens is 116 g/mol. The third-order valence-electron chi connectivity index (χ3n) is 0.742. The van der Waals surface area contributed by atoms with Gasteiger partial charge in [0.2, 0.25) is 0 Å². The number of carbonyl (C=O) groups is 1. The molecule has 0 heterocycles. The average Bonchev–Trinajstić information content (AvgIpc) is 1.89. The molecule has 0 saturated carbocycles. The second-order valence-electron chi connectivity index (χ2n) is 1.51. The molecule has 0 aromatic heterocycles. The van der Waals surface area contributed by atoms with Gasteiger partial charge >= 0.3 is 0 Å². The first kappa shape index (κ1) is 8.11. The lowest BCUT2D eigenvalue weighted by Crippen LogP contribution is -1.97. The van der Waals surface area contributed by atoms with Crippen LogP contribution in [0.5, 0.6) is 0 Å². The van der Waals surface area contributed by atoms with Gasteiger partial charge in [-0.1, -0.05) is 18.2 Å². The molecule has 0 aliphatic carbocycles. The molecule has 1 N–H and O–H groups in total. The molecule has 0 unspecified atom stereocenters. The normalized spacial score (nSPS) is 11.3. The Hall–Kier alpha value is -0.890. The molecule has 0 fully saturated rings. The molecular formula is C7H10O2. The summed E-state index contributed by atoms with van der Waals surface area (Å²) in [6.45, 7) is 1.45. The summed E-state index contributed by atoms with van der Waals surface area (Å²) < 4.78 is 0. The second-order valence-corrected chi connectivity index (χ2v) is 1.51. The summed E-state index contributed by atoms with van der Waals surface area (Å²) in [6.07, 6.45) is 6.47. The van der Waals surface area contributed by atoms with E-state index in [2.05, 4.69) is 0 Å². The molecule has 9 heavy (non-hydrogen) atoms. The van der Waals surface area contributed by atoms with Crippen molar-refractivity contribution in [3.63, 3.8) is 0 Å². The van der Waals surface area contributed by atoms with Gasteiger partial charge in [-0.3, -0.25) is 4.79 Å². The number of hydrogen-bond donors (Lipinski definition) is 1. The van der Waals surface area contributed by atoms with E-state index < -0.39 is 6.61 Å². The Balaban J connectivity index is 3.57. The highest BCUT2D eigenvalue weighted by molar-refractivity contribution is 5.90. The third-order valence-corrected chi connectivity index (χ3v) is 0.742. The molecule has 0 aliphatic heterocycles. The van der Waals surface area contributed by atoms with E-state index in [9.17, 15) is 4.79 Å². The highest BCUT2D eigenvalue weighted by Crippen LogP contribution is 1.77. The van der Waals surface area contributed by atoms with Crippen LogP contribution in [0.2, 0.25) is 0 Å². The minimum Gasteiger partial charge on any atom is -0.388 e. The number of rotatable bonds is 3. The van der Waals surface area contributed by atoms with Crippen molar-refractivity contribution in [2.24, 2.45) is 0 Å². The maximum absolute atomic E-state index is 10.3. The lowest BCUT2D eigenvalue weighted by molar-refractivity contribution is -0.117. The molecule has 0 aliphatic rings. The zero-order chi connectivity index (χ0) is 7.11. The maximum atomic E-state index is 10.3. The molecule has 0 rings (SSSR count). The van der Waals surface area contributed by atoms with Crippen molar-refractivity contribution in [3.8, 4) is 0 Å². The smallest absolute Gasteiger partial charge is 0.180 e.